The van der Waals surface area contributed by atoms with Crippen molar-refractivity contribution in [1.82, 2.24) is 0 Å². The average Bonchev–Trinajstić information content (AvgIpc) is 2.24. The lowest BCUT2D eigenvalue weighted by molar-refractivity contribution is 0.411. The van der Waals surface area contributed by atoms with Gasteiger partial charge in [0.15, 0.2) is 0 Å². The third-order valence-electron chi connectivity index (χ3n) is 2.53. The van der Waals surface area contributed by atoms with E-state index in [9.17, 15) is 0 Å². The first-order chi connectivity index (χ1) is 7.60. The molecule has 0 aliphatic rings. The van der Waals surface area contributed by atoms with Crippen molar-refractivity contribution in [3.63, 3.8) is 0 Å². The second-order valence-corrected chi connectivity index (χ2v) is 4.28. The number of hydrogen-bond donors (Lipinski definition) is 1. The van der Waals surface area contributed by atoms with Crippen molar-refractivity contribution >= 4 is 17.3 Å². The summed E-state index contributed by atoms with van der Waals surface area (Å²) < 4.78 is 5.40. The Kier molecular flexibility index (Phi) is 4.90. The fourth-order valence-corrected chi connectivity index (χ4v) is 1.98. The summed E-state index contributed by atoms with van der Waals surface area (Å²) in [5.41, 5.74) is 7.56. The maximum Gasteiger partial charge on any atom is 0.145 e. The van der Waals surface area contributed by atoms with E-state index in [4.69, 9.17) is 22.1 Å². The van der Waals surface area contributed by atoms with Gasteiger partial charge in [-0.25, -0.2) is 0 Å². The Morgan fingerprint density at radius 3 is 2.69 bits per heavy atom. The smallest absolute Gasteiger partial charge is 0.145 e. The lowest BCUT2D eigenvalue weighted by Gasteiger charge is -2.23. The molecule has 0 aromatic heterocycles. The maximum absolute atomic E-state index is 6.05. The quantitative estimate of drug-likeness (QED) is 0.862. The van der Waals surface area contributed by atoms with Crippen LogP contribution in [0.25, 0.3) is 0 Å². The molecule has 1 aromatic carbocycles. The van der Waals surface area contributed by atoms with Crippen LogP contribution < -0.4 is 15.4 Å². The van der Waals surface area contributed by atoms with Gasteiger partial charge in [-0.2, -0.15) is 0 Å². The van der Waals surface area contributed by atoms with Gasteiger partial charge in [0.2, 0.25) is 0 Å². The molecule has 1 aromatic rings. The molecular formula is C12H19ClN2O. The summed E-state index contributed by atoms with van der Waals surface area (Å²) in [6, 6.07) is 3.82. The van der Waals surface area contributed by atoms with Gasteiger partial charge in [0.1, 0.15) is 5.75 Å². The zero-order chi connectivity index (χ0) is 12.1. The van der Waals surface area contributed by atoms with Gasteiger partial charge in [-0.3, -0.25) is 0 Å². The summed E-state index contributed by atoms with van der Waals surface area (Å²) in [6.07, 6.45) is 0.950. The molecule has 0 heterocycles. The molecular weight excluding hydrogens is 224 g/mol. The van der Waals surface area contributed by atoms with Crippen molar-refractivity contribution < 1.29 is 4.74 Å². The Balaban J connectivity index is 3.00. The fourth-order valence-electron chi connectivity index (χ4n) is 1.71. The van der Waals surface area contributed by atoms with Crippen LogP contribution >= 0.6 is 11.6 Å². The minimum absolute atomic E-state index is 0.687. The second kappa shape index (κ2) is 5.97. The Labute approximate surface area is 102 Å². The second-order valence-electron chi connectivity index (χ2n) is 3.84. The predicted octanol–water partition coefficient (Wildman–Crippen LogP) is 2.44. The highest BCUT2D eigenvalue weighted by Gasteiger charge is 2.11. The highest BCUT2D eigenvalue weighted by atomic mass is 35.5. The molecule has 0 aliphatic heterocycles. The first-order valence-corrected chi connectivity index (χ1v) is 5.73. The molecule has 0 bridgehead atoms. The van der Waals surface area contributed by atoms with Crippen molar-refractivity contribution in [3.05, 3.63) is 22.7 Å². The minimum atomic E-state index is 0.687. The highest BCUT2D eigenvalue weighted by molar-refractivity contribution is 6.31. The number of rotatable bonds is 5. The number of aryl methyl sites for hydroxylation is 1. The standard InChI is InChI=1S/C12H19ClN2O/c1-9-7-10(13)8-11(12(9)16-3)15(2)6-4-5-14/h7-8H,4-6,14H2,1-3H3. The number of benzene rings is 1. The molecule has 0 radical (unpaired) electrons. The molecule has 0 spiro atoms. The molecule has 90 valence electrons. The summed E-state index contributed by atoms with van der Waals surface area (Å²) in [5.74, 6) is 0.879. The van der Waals surface area contributed by atoms with Crippen LogP contribution in [0, 0.1) is 6.92 Å². The van der Waals surface area contributed by atoms with E-state index < -0.39 is 0 Å². The summed E-state index contributed by atoms with van der Waals surface area (Å²) >= 11 is 6.05. The van der Waals surface area contributed by atoms with Gasteiger partial charge in [-0.05, 0) is 37.6 Å². The predicted molar refractivity (Wildman–Crippen MR) is 69.7 cm³/mol. The van der Waals surface area contributed by atoms with E-state index in [1.165, 1.54) is 0 Å². The third-order valence-corrected chi connectivity index (χ3v) is 2.75. The van der Waals surface area contributed by atoms with E-state index in [-0.39, 0.29) is 0 Å². The normalized spacial score (nSPS) is 10.3. The summed E-state index contributed by atoms with van der Waals surface area (Å²) in [6.45, 7) is 3.57. The Bertz CT molecular complexity index is 355. The Morgan fingerprint density at radius 2 is 2.12 bits per heavy atom. The summed E-state index contributed by atoms with van der Waals surface area (Å²) in [4.78, 5) is 2.12. The first-order valence-electron chi connectivity index (χ1n) is 5.35. The molecule has 0 saturated carbocycles. The zero-order valence-corrected chi connectivity index (χ0v) is 10.8. The molecule has 1 rings (SSSR count). The molecule has 2 N–H and O–H groups in total. The molecule has 0 atom stereocenters. The maximum atomic E-state index is 6.05. The van der Waals surface area contributed by atoms with Crippen molar-refractivity contribution in [2.75, 3.05) is 32.1 Å². The number of nitrogens with two attached hydrogens (primary N) is 1. The first kappa shape index (κ1) is 13.1. The van der Waals surface area contributed by atoms with E-state index in [2.05, 4.69) is 4.90 Å². The van der Waals surface area contributed by atoms with E-state index in [1.807, 2.05) is 26.1 Å². The number of methoxy groups -OCH3 is 1. The third kappa shape index (κ3) is 3.03. The zero-order valence-electron chi connectivity index (χ0n) is 10.1. The van der Waals surface area contributed by atoms with Gasteiger partial charge in [-0.15, -0.1) is 0 Å². The molecule has 0 fully saturated rings. The van der Waals surface area contributed by atoms with Crippen LogP contribution in [0.3, 0.4) is 0 Å². The van der Waals surface area contributed by atoms with Gasteiger partial charge < -0.3 is 15.4 Å². The van der Waals surface area contributed by atoms with Crippen molar-refractivity contribution in [1.29, 1.82) is 0 Å². The molecule has 0 aliphatic carbocycles. The number of hydrogen-bond acceptors (Lipinski definition) is 3. The average molecular weight is 243 g/mol. The van der Waals surface area contributed by atoms with E-state index >= 15 is 0 Å². The van der Waals surface area contributed by atoms with Crippen LogP contribution in [0.15, 0.2) is 12.1 Å². The molecule has 16 heavy (non-hydrogen) atoms. The minimum Gasteiger partial charge on any atom is -0.494 e. The largest absolute Gasteiger partial charge is 0.494 e. The lowest BCUT2D eigenvalue weighted by atomic mass is 10.1. The van der Waals surface area contributed by atoms with Crippen LogP contribution in [0.4, 0.5) is 5.69 Å². The lowest BCUT2D eigenvalue weighted by Crippen LogP contribution is -2.21. The fraction of sp³-hybridized carbons (Fsp3) is 0.500. The monoisotopic (exact) mass is 242 g/mol. The van der Waals surface area contributed by atoms with Gasteiger partial charge >= 0.3 is 0 Å². The number of ether oxygens (including phenoxy) is 1. The van der Waals surface area contributed by atoms with Gasteiger partial charge in [0, 0.05) is 18.6 Å². The van der Waals surface area contributed by atoms with Crippen LogP contribution in [0.1, 0.15) is 12.0 Å². The number of halogens is 1. The number of nitrogens with zero attached hydrogens (tertiary/aromatic N) is 1. The van der Waals surface area contributed by atoms with Crippen molar-refractivity contribution in [2.45, 2.75) is 13.3 Å². The van der Waals surface area contributed by atoms with Crippen molar-refractivity contribution in [3.8, 4) is 5.75 Å². The summed E-state index contributed by atoms with van der Waals surface area (Å²) in [5, 5.41) is 0.730. The molecule has 0 amide bonds. The molecule has 3 nitrogen and oxygen atoms in total. The van der Waals surface area contributed by atoms with E-state index in [0.29, 0.717) is 6.54 Å². The van der Waals surface area contributed by atoms with E-state index in [1.54, 1.807) is 7.11 Å². The number of anilines is 1. The topological polar surface area (TPSA) is 38.5 Å². The Morgan fingerprint density at radius 1 is 1.44 bits per heavy atom. The van der Waals surface area contributed by atoms with Crippen molar-refractivity contribution in [2.24, 2.45) is 5.73 Å². The van der Waals surface area contributed by atoms with Gasteiger partial charge in [0.05, 0.1) is 12.8 Å². The van der Waals surface area contributed by atoms with Crippen LogP contribution in [0.2, 0.25) is 5.02 Å². The van der Waals surface area contributed by atoms with Crippen LogP contribution in [-0.4, -0.2) is 27.2 Å². The molecule has 0 unspecified atom stereocenters. The Hall–Kier alpha value is -0.930. The van der Waals surface area contributed by atoms with Crippen LogP contribution in [0.5, 0.6) is 5.75 Å². The summed E-state index contributed by atoms with van der Waals surface area (Å²) in [7, 11) is 3.69. The van der Waals surface area contributed by atoms with Crippen LogP contribution in [-0.2, 0) is 0 Å². The van der Waals surface area contributed by atoms with E-state index in [0.717, 1.165) is 35.0 Å². The molecule has 0 saturated heterocycles. The van der Waals surface area contributed by atoms with Gasteiger partial charge in [0.25, 0.3) is 0 Å². The van der Waals surface area contributed by atoms with Gasteiger partial charge in [-0.1, -0.05) is 11.6 Å². The SMILES string of the molecule is COc1c(C)cc(Cl)cc1N(C)CCCN. The highest BCUT2D eigenvalue weighted by Crippen LogP contribution is 2.34. The molecule has 4 heteroatoms.